The summed E-state index contributed by atoms with van der Waals surface area (Å²) in [5, 5.41) is 4.25. The molecule has 2 nitrogen and oxygen atoms in total. The average Bonchev–Trinajstić information content (AvgIpc) is 3.04. The molecule has 0 bridgehead atoms. The minimum atomic E-state index is 0.595. The maximum Gasteiger partial charge on any atom is 0.169 e. The first kappa shape index (κ1) is 15.0. The van der Waals surface area contributed by atoms with Crippen LogP contribution in [-0.4, -0.2) is 23.1 Å². The third-order valence-electron chi connectivity index (χ3n) is 4.31. The molecule has 0 aromatic heterocycles. The Balaban J connectivity index is 1.53. The van der Waals surface area contributed by atoms with Crippen molar-refractivity contribution in [2.24, 2.45) is 0 Å². The Hall–Kier alpha value is -1.87. The van der Waals surface area contributed by atoms with Gasteiger partial charge in [0.1, 0.15) is 0 Å². The Labute approximate surface area is 138 Å². The molecule has 1 fully saturated rings. The molecule has 0 spiro atoms. The Kier molecular flexibility index (Phi) is 4.74. The number of nitrogens with one attached hydrogen (secondary N) is 1. The lowest BCUT2D eigenvalue weighted by atomic mass is 9.98. The van der Waals surface area contributed by atoms with Crippen molar-refractivity contribution in [1.82, 2.24) is 10.2 Å². The first-order valence-electron chi connectivity index (χ1n) is 7.85. The SMILES string of the molecule is Cc1ccc([C@@H]2CCN(C(=S)NCc3ccccc3)C2)cc1. The summed E-state index contributed by atoms with van der Waals surface area (Å²) in [6.07, 6.45) is 1.18. The van der Waals surface area contributed by atoms with Gasteiger partial charge >= 0.3 is 0 Å². The number of benzene rings is 2. The first-order chi connectivity index (χ1) is 10.7. The van der Waals surface area contributed by atoms with E-state index in [2.05, 4.69) is 65.7 Å². The number of hydrogen-bond acceptors (Lipinski definition) is 1. The number of rotatable bonds is 3. The maximum atomic E-state index is 5.55. The van der Waals surface area contributed by atoms with Crippen LogP contribution in [0.5, 0.6) is 0 Å². The van der Waals surface area contributed by atoms with Crippen molar-refractivity contribution in [2.45, 2.75) is 25.8 Å². The van der Waals surface area contributed by atoms with Crippen LogP contribution >= 0.6 is 12.2 Å². The predicted molar refractivity (Wildman–Crippen MR) is 96.0 cm³/mol. The zero-order valence-electron chi connectivity index (χ0n) is 13.0. The fourth-order valence-electron chi connectivity index (χ4n) is 2.94. The molecular formula is C19H22N2S. The van der Waals surface area contributed by atoms with Gasteiger partial charge in [0.2, 0.25) is 0 Å². The summed E-state index contributed by atoms with van der Waals surface area (Å²) >= 11 is 5.55. The predicted octanol–water partition coefficient (Wildman–Crippen LogP) is 3.86. The van der Waals surface area contributed by atoms with Gasteiger partial charge in [-0.3, -0.25) is 0 Å². The van der Waals surface area contributed by atoms with Gasteiger partial charge in [-0.25, -0.2) is 0 Å². The number of thiocarbonyl (C=S) groups is 1. The van der Waals surface area contributed by atoms with E-state index < -0.39 is 0 Å². The van der Waals surface area contributed by atoms with E-state index in [1.807, 2.05) is 6.07 Å². The highest BCUT2D eigenvalue weighted by Gasteiger charge is 2.25. The van der Waals surface area contributed by atoms with E-state index in [1.54, 1.807) is 0 Å². The topological polar surface area (TPSA) is 15.3 Å². The Morgan fingerprint density at radius 3 is 2.59 bits per heavy atom. The maximum absolute atomic E-state index is 5.55. The standard InChI is InChI=1S/C19H22N2S/c1-15-7-9-17(10-8-15)18-11-12-21(14-18)19(22)20-13-16-5-3-2-4-6-16/h2-10,18H,11-14H2,1H3,(H,20,22)/t18-/m1/s1. The van der Waals surface area contributed by atoms with E-state index in [0.29, 0.717) is 5.92 Å². The van der Waals surface area contributed by atoms with Gasteiger partial charge in [0, 0.05) is 25.6 Å². The van der Waals surface area contributed by atoms with Gasteiger partial charge in [0.15, 0.2) is 5.11 Å². The summed E-state index contributed by atoms with van der Waals surface area (Å²) in [6.45, 7) is 4.99. The lowest BCUT2D eigenvalue weighted by Crippen LogP contribution is -2.37. The summed E-state index contributed by atoms with van der Waals surface area (Å²) in [5.74, 6) is 0.595. The molecule has 2 aromatic carbocycles. The summed E-state index contributed by atoms with van der Waals surface area (Å²) in [4.78, 5) is 2.29. The highest BCUT2D eigenvalue weighted by Crippen LogP contribution is 2.27. The largest absolute Gasteiger partial charge is 0.358 e. The Morgan fingerprint density at radius 2 is 1.86 bits per heavy atom. The second-order valence-corrected chi connectivity index (χ2v) is 6.37. The van der Waals surface area contributed by atoms with Crippen LogP contribution in [0, 0.1) is 6.92 Å². The van der Waals surface area contributed by atoms with Crippen LogP contribution in [-0.2, 0) is 6.54 Å². The van der Waals surface area contributed by atoms with Crippen LogP contribution in [0.2, 0.25) is 0 Å². The first-order valence-corrected chi connectivity index (χ1v) is 8.26. The molecule has 3 rings (SSSR count). The van der Waals surface area contributed by atoms with E-state index in [4.69, 9.17) is 12.2 Å². The molecule has 114 valence electrons. The van der Waals surface area contributed by atoms with Gasteiger partial charge in [-0.2, -0.15) is 0 Å². The van der Waals surface area contributed by atoms with Gasteiger partial charge in [-0.1, -0.05) is 60.2 Å². The van der Waals surface area contributed by atoms with Gasteiger partial charge < -0.3 is 10.2 Å². The molecule has 1 N–H and O–H groups in total. The zero-order valence-corrected chi connectivity index (χ0v) is 13.8. The fraction of sp³-hybridized carbons (Fsp3) is 0.316. The van der Waals surface area contributed by atoms with Gasteiger partial charge in [0.05, 0.1) is 0 Å². The van der Waals surface area contributed by atoms with Crippen molar-refractivity contribution in [3.05, 3.63) is 71.3 Å². The van der Waals surface area contributed by atoms with Crippen molar-refractivity contribution in [2.75, 3.05) is 13.1 Å². The third-order valence-corrected chi connectivity index (χ3v) is 4.71. The molecule has 2 aromatic rings. The summed E-state index contributed by atoms with van der Waals surface area (Å²) in [7, 11) is 0. The summed E-state index contributed by atoms with van der Waals surface area (Å²) in [6, 6.07) is 19.3. The molecule has 1 saturated heterocycles. The van der Waals surface area contributed by atoms with Crippen molar-refractivity contribution in [1.29, 1.82) is 0 Å². The smallest absolute Gasteiger partial charge is 0.169 e. The molecule has 3 heteroatoms. The average molecular weight is 310 g/mol. The molecule has 1 atom stereocenters. The van der Waals surface area contributed by atoms with E-state index in [-0.39, 0.29) is 0 Å². The van der Waals surface area contributed by atoms with E-state index in [1.165, 1.54) is 23.1 Å². The minimum absolute atomic E-state index is 0.595. The van der Waals surface area contributed by atoms with Crippen LogP contribution in [0.1, 0.15) is 29.0 Å². The molecule has 1 aliphatic rings. The van der Waals surface area contributed by atoms with Gasteiger partial charge in [-0.05, 0) is 36.7 Å². The van der Waals surface area contributed by atoms with Crippen molar-refractivity contribution >= 4 is 17.3 Å². The molecule has 0 unspecified atom stereocenters. The van der Waals surface area contributed by atoms with E-state index in [0.717, 1.165) is 24.7 Å². The van der Waals surface area contributed by atoms with Crippen molar-refractivity contribution < 1.29 is 0 Å². The number of nitrogens with zero attached hydrogens (tertiary/aromatic N) is 1. The van der Waals surface area contributed by atoms with Crippen molar-refractivity contribution in [3.63, 3.8) is 0 Å². The van der Waals surface area contributed by atoms with Gasteiger partial charge in [0.25, 0.3) is 0 Å². The lowest BCUT2D eigenvalue weighted by Gasteiger charge is -2.21. The van der Waals surface area contributed by atoms with Crippen LogP contribution < -0.4 is 5.32 Å². The molecule has 0 radical (unpaired) electrons. The molecule has 22 heavy (non-hydrogen) atoms. The van der Waals surface area contributed by atoms with Crippen LogP contribution in [0.25, 0.3) is 0 Å². The van der Waals surface area contributed by atoms with Crippen molar-refractivity contribution in [3.8, 4) is 0 Å². The Bertz CT molecular complexity index is 622. The lowest BCUT2D eigenvalue weighted by molar-refractivity contribution is 0.498. The highest BCUT2D eigenvalue weighted by molar-refractivity contribution is 7.80. The molecule has 0 amide bonds. The number of hydrogen-bond donors (Lipinski definition) is 1. The minimum Gasteiger partial charge on any atom is -0.358 e. The van der Waals surface area contributed by atoms with Crippen LogP contribution in [0.15, 0.2) is 54.6 Å². The van der Waals surface area contributed by atoms with E-state index in [9.17, 15) is 0 Å². The summed E-state index contributed by atoms with van der Waals surface area (Å²) < 4.78 is 0. The number of likely N-dealkylation sites (tertiary alicyclic amines) is 1. The Morgan fingerprint density at radius 1 is 1.14 bits per heavy atom. The molecule has 0 aliphatic carbocycles. The molecule has 1 heterocycles. The summed E-state index contributed by atoms with van der Waals surface area (Å²) in [5.41, 5.74) is 4.01. The van der Waals surface area contributed by atoms with E-state index >= 15 is 0 Å². The fourth-order valence-corrected chi connectivity index (χ4v) is 3.18. The second-order valence-electron chi connectivity index (χ2n) is 5.99. The highest BCUT2D eigenvalue weighted by atomic mass is 32.1. The number of aryl methyl sites for hydroxylation is 1. The monoisotopic (exact) mass is 310 g/mol. The second kappa shape index (κ2) is 6.93. The quantitative estimate of drug-likeness (QED) is 0.867. The third kappa shape index (κ3) is 3.66. The molecular weight excluding hydrogens is 288 g/mol. The zero-order chi connectivity index (χ0) is 15.4. The van der Waals surface area contributed by atoms with Gasteiger partial charge in [-0.15, -0.1) is 0 Å². The normalized spacial score (nSPS) is 17.5. The molecule has 0 saturated carbocycles. The van der Waals surface area contributed by atoms with Crippen LogP contribution in [0.4, 0.5) is 0 Å². The van der Waals surface area contributed by atoms with Crippen LogP contribution in [0.3, 0.4) is 0 Å². The molecule has 1 aliphatic heterocycles.